The van der Waals surface area contributed by atoms with E-state index in [1.165, 1.54) is 7.11 Å². The lowest BCUT2D eigenvalue weighted by Crippen LogP contribution is -2.30. The first-order valence-electron chi connectivity index (χ1n) is 6.17. The Hall–Kier alpha value is -2.50. The summed E-state index contributed by atoms with van der Waals surface area (Å²) in [6.45, 7) is 2.07. The van der Waals surface area contributed by atoms with Crippen molar-refractivity contribution in [3.8, 4) is 11.5 Å². The van der Waals surface area contributed by atoms with Crippen LogP contribution in [0.1, 0.15) is 12.5 Å². The number of hydrogen-bond donors (Lipinski definition) is 1. The fraction of sp³-hybridized carbons (Fsp3) is 0.286. The van der Waals surface area contributed by atoms with E-state index in [2.05, 4.69) is 5.32 Å². The molecule has 0 radical (unpaired) electrons. The second-order valence-corrected chi connectivity index (χ2v) is 4.15. The van der Waals surface area contributed by atoms with E-state index in [1.807, 2.05) is 0 Å². The van der Waals surface area contributed by atoms with Gasteiger partial charge in [-0.25, -0.2) is 4.79 Å². The van der Waals surface area contributed by atoms with Crippen molar-refractivity contribution in [2.24, 2.45) is 0 Å². The summed E-state index contributed by atoms with van der Waals surface area (Å²) in [5.74, 6) is 0.888. The van der Waals surface area contributed by atoms with Gasteiger partial charge in [0.25, 0.3) is 5.91 Å². The molecular formula is C14H16N2O4. The Morgan fingerprint density at radius 2 is 2.00 bits per heavy atom. The number of amides is 3. The smallest absolute Gasteiger partial charge is 0.328 e. The van der Waals surface area contributed by atoms with Crippen LogP contribution in [0.3, 0.4) is 0 Å². The highest BCUT2D eigenvalue weighted by molar-refractivity contribution is 6.14. The molecule has 0 spiro atoms. The number of ether oxygens (including phenoxy) is 2. The summed E-state index contributed by atoms with van der Waals surface area (Å²) in [6, 6.07) is 4.82. The molecule has 2 rings (SSSR count). The van der Waals surface area contributed by atoms with Gasteiger partial charge in [0.05, 0.1) is 14.2 Å². The van der Waals surface area contributed by atoms with Gasteiger partial charge in [-0.2, -0.15) is 0 Å². The van der Waals surface area contributed by atoms with Crippen LogP contribution in [0.2, 0.25) is 0 Å². The van der Waals surface area contributed by atoms with Gasteiger partial charge in [0.2, 0.25) is 0 Å². The average molecular weight is 276 g/mol. The maximum atomic E-state index is 12.0. The molecule has 1 heterocycles. The van der Waals surface area contributed by atoms with Crippen LogP contribution in [0.15, 0.2) is 23.9 Å². The van der Waals surface area contributed by atoms with Crippen molar-refractivity contribution in [3.63, 3.8) is 0 Å². The van der Waals surface area contributed by atoms with Gasteiger partial charge in [0, 0.05) is 12.1 Å². The number of benzene rings is 1. The third-order valence-electron chi connectivity index (χ3n) is 3.02. The van der Waals surface area contributed by atoms with Gasteiger partial charge in [0.1, 0.15) is 17.2 Å². The standard InChI is InChI=1S/C14H16N2O4/c1-4-16-13(17)11(15-14(16)18)8-9-7-10(19-2)5-6-12(9)20-3/h5-8H,4H2,1-3H3,(H,15,18)/b11-8-. The van der Waals surface area contributed by atoms with Gasteiger partial charge >= 0.3 is 6.03 Å². The van der Waals surface area contributed by atoms with E-state index < -0.39 is 6.03 Å². The Labute approximate surface area is 117 Å². The van der Waals surface area contributed by atoms with Crippen LogP contribution in [-0.2, 0) is 4.79 Å². The summed E-state index contributed by atoms with van der Waals surface area (Å²) in [6.07, 6.45) is 1.58. The molecule has 106 valence electrons. The lowest BCUT2D eigenvalue weighted by atomic mass is 10.1. The Morgan fingerprint density at radius 1 is 1.25 bits per heavy atom. The summed E-state index contributed by atoms with van der Waals surface area (Å²) >= 11 is 0. The molecule has 0 aromatic heterocycles. The number of nitrogens with one attached hydrogen (secondary N) is 1. The maximum absolute atomic E-state index is 12.0. The van der Waals surface area contributed by atoms with Crippen molar-refractivity contribution in [1.29, 1.82) is 0 Å². The van der Waals surface area contributed by atoms with E-state index in [0.29, 0.717) is 23.6 Å². The molecule has 0 unspecified atom stereocenters. The van der Waals surface area contributed by atoms with E-state index in [0.717, 1.165) is 4.90 Å². The molecule has 0 aliphatic carbocycles. The largest absolute Gasteiger partial charge is 0.497 e. The van der Waals surface area contributed by atoms with Gasteiger partial charge in [-0.1, -0.05) is 0 Å². The molecule has 1 aromatic rings. The molecule has 1 fully saturated rings. The van der Waals surface area contributed by atoms with Crippen LogP contribution in [0.4, 0.5) is 4.79 Å². The number of nitrogens with zero attached hydrogens (tertiary/aromatic N) is 1. The third kappa shape index (κ3) is 2.45. The third-order valence-corrected chi connectivity index (χ3v) is 3.02. The van der Waals surface area contributed by atoms with Crippen LogP contribution in [-0.4, -0.2) is 37.6 Å². The molecule has 0 atom stereocenters. The minimum absolute atomic E-state index is 0.225. The van der Waals surface area contributed by atoms with Crippen molar-refractivity contribution in [2.75, 3.05) is 20.8 Å². The molecule has 1 aromatic carbocycles. The molecule has 1 aliphatic rings. The van der Waals surface area contributed by atoms with Gasteiger partial charge < -0.3 is 14.8 Å². The molecule has 6 heteroatoms. The summed E-state index contributed by atoms with van der Waals surface area (Å²) in [5, 5.41) is 2.54. The first kappa shape index (κ1) is 13.9. The number of likely N-dealkylation sites (N-methyl/N-ethyl adjacent to an activating group) is 1. The molecule has 20 heavy (non-hydrogen) atoms. The second kappa shape index (κ2) is 5.64. The van der Waals surface area contributed by atoms with E-state index in [4.69, 9.17) is 9.47 Å². The predicted molar refractivity (Wildman–Crippen MR) is 73.4 cm³/mol. The summed E-state index contributed by atoms with van der Waals surface area (Å²) in [5.41, 5.74) is 0.886. The normalized spacial score (nSPS) is 16.6. The topological polar surface area (TPSA) is 67.9 Å². The molecule has 0 saturated carbocycles. The van der Waals surface area contributed by atoms with Gasteiger partial charge in [-0.3, -0.25) is 9.69 Å². The van der Waals surface area contributed by atoms with E-state index >= 15 is 0 Å². The van der Waals surface area contributed by atoms with Crippen molar-refractivity contribution in [1.82, 2.24) is 10.2 Å². The molecule has 0 bridgehead atoms. The van der Waals surface area contributed by atoms with Crippen LogP contribution >= 0.6 is 0 Å². The number of rotatable bonds is 4. The minimum Gasteiger partial charge on any atom is -0.497 e. The Balaban J connectivity index is 2.40. The highest BCUT2D eigenvalue weighted by Crippen LogP contribution is 2.26. The van der Waals surface area contributed by atoms with Gasteiger partial charge in [-0.05, 0) is 31.2 Å². The lowest BCUT2D eigenvalue weighted by molar-refractivity contribution is -0.122. The quantitative estimate of drug-likeness (QED) is 0.670. The molecule has 1 aliphatic heterocycles. The average Bonchev–Trinajstić information content (AvgIpc) is 2.72. The van der Waals surface area contributed by atoms with E-state index in [1.54, 1.807) is 38.3 Å². The molecular weight excluding hydrogens is 260 g/mol. The number of carbonyl (C=O) groups is 2. The number of urea groups is 1. The van der Waals surface area contributed by atoms with Gasteiger partial charge in [-0.15, -0.1) is 0 Å². The first-order chi connectivity index (χ1) is 9.60. The SMILES string of the molecule is CCN1C(=O)N/C(=C\c2cc(OC)ccc2OC)C1=O. The van der Waals surface area contributed by atoms with Crippen LogP contribution in [0.25, 0.3) is 6.08 Å². The van der Waals surface area contributed by atoms with Crippen LogP contribution in [0, 0.1) is 0 Å². The van der Waals surface area contributed by atoms with Crippen molar-refractivity contribution in [2.45, 2.75) is 6.92 Å². The van der Waals surface area contributed by atoms with E-state index in [-0.39, 0.29) is 11.6 Å². The minimum atomic E-state index is -0.411. The van der Waals surface area contributed by atoms with Crippen LogP contribution < -0.4 is 14.8 Å². The predicted octanol–water partition coefficient (Wildman–Crippen LogP) is 1.62. The Morgan fingerprint density at radius 3 is 2.55 bits per heavy atom. The number of methoxy groups -OCH3 is 2. The Bertz CT molecular complexity index is 581. The first-order valence-corrected chi connectivity index (χ1v) is 6.17. The van der Waals surface area contributed by atoms with Crippen LogP contribution in [0.5, 0.6) is 11.5 Å². The second-order valence-electron chi connectivity index (χ2n) is 4.15. The molecule has 6 nitrogen and oxygen atoms in total. The monoisotopic (exact) mass is 276 g/mol. The lowest BCUT2D eigenvalue weighted by Gasteiger charge is -2.08. The zero-order chi connectivity index (χ0) is 14.7. The van der Waals surface area contributed by atoms with Crippen molar-refractivity contribution in [3.05, 3.63) is 29.5 Å². The fourth-order valence-electron chi connectivity index (χ4n) is 1.97. The summed E-state index contributed by atoms with van der Waals surface area (Å²) < 4.78 is 10.4. The zero-order valence-corrected chi connectivity index (χ0v) is 11.6. The Kier molecular flexibility index (Phi) is 3.93. The zero-order valence-electron chi connectivity index (χ0n) is 11.6. The van der Waals surface area contributed by atoms with Crippen molar-refractivity contribution < 1.29 is 19.1 Å². The molecule has 1 saturated heterocycles. The summed E-state index contributed by atoms with van der Waals surface area (Å²) in [7, 11) is 3.09. The number of hydrogen-bond acceptors (Lipinski definition) is 4. The highest BCUT2D eigenvalue weighted by atomic mass is 16.5. The summed E-state index contributed by atoms with van der Waals surface area (Å²) in [4.78, 5) is 24.7. The molecule has 1 N–H and O–H groups in total. The van der Waals surface area contributed by atoms with Gasteiger partial charge in [0.15, 0.2) is 0 Å². The number of imide groups is 1. The van der Waals surface area contributed by atoms with E-state index in [9.17, 15) is 9.59 Å². The van der Waals surface area contributed by atoms with Crippen molar-refractivity contribution >= 4 is 18.0 Å². The molecule has 3 amide bonds. The number of carbonyl (C=O) groups excluding carboxylic acids is 2. The highest BCUT2D eigenvalue weighted by Gasteiger charge is 2.32. The maximum Gasteiger partial charge on any atom is 0.328 e. The fourth-order valence-corrected chi connectivity index (χ4v) is 1.97.